The topological polar surface area (TPSA) is 46.9 Å². The molecule has 0 atom stereocenters. The third kappa shape index (κ3) is 2.50. The number of rotatable bonds is 2. The van der Waals surface area contributed by atoms with Crippen molar-refractivity contribution in [3.8, 4) is 0 Å². The molecule has 0 aliphatic rings. The third-order valence-electron chi connectivity index (χ3n) is 2.34. The van der Waals surface area contributed by atoms with Gasteiger partial charge in [-0.1, -0.05) is 6.07 Å². The molecule has 0 saturated heterocycles. The summed E-state index contributed by atoms with van der Waals surface area (Å²) >= 11 is 0. The van der Waals surface area contributed by atoms with Gasteiger partial charge >= 0.3 is 0 Å². The minimum Gasteiger partial charge on any atom is -0.319 e. The highest BCUT2D eigenvalue weighted by molar-refractivity contribution is 6.03. The molecule has 88 valence electrons. The highest BCUT2D eigenvalue weighted by Crippen LogP contribution is 2.16. The van der Waals surface area contributed by atoms with E-state index in [0.717, 1.165) is 5.56 Å². The average molecular weight is 233 g/mol. The van der Waals surface area contributed by atoms with Crippen LogP contribution in [0.4, 0.5) is 10.1 Å². The second-order valence-corrected chi connectivity index (χ2v) is 3.84. The molecule has 0 radical (unpaired) electrons. The second kappa shape index (κ2) is 4.37. The Labute approximate surface area is 98.1 Å². The lowest BCUT2D eigenvalue weighted by atomic mass is 10.2. The summed E-state index contributed by atoms with van der Waals surface area (Å²) in [5.74, 6) is -0.817. The molecule has 5 heteroatoms. The lowest BCUT2D eigenvalue weighted by Gasteiger charge is -2.05. The molecule has 0 saturated carbocycles. The maximum absolute atomic E-state index is 13.5. The first-order chi connectivity index (χ1) is 8.06. The molecule has 0 bridgehead atoms. The van der Waals surface area contributed by atoms with Crippen LogP contribution in [-0.4, -0.2) is 15.7 Å². The van der Waals surface area contributed by atoms with Crippen LogP contribution < -0.4 is 5.32 Å². The summed E-state index contributed by atoms with van der Waals surface area (Å²) in [7, 11) is 1.71. The van der Waals surface area contributed by atoms with Gasteiger partial charge in [-0.15, -0.1) is 0 Å². The molecule has 0 unspecified atom stereocenters. The van der Waals surface area contributed by atoms with Crippen LogP contribution in [0.5, 0.6) is 0 Å². The molecule has 0 aliphatic heterocycles. The molecule has 0 fully saturated rings. The number of halogens is 1. The largest absolute Gasteiger partial charge is 0.319 e. The average Bonchev–Trinajstić information content (AvgIpc) is 2.69. The summed E-state index contributed by atoms with van der Waals surface area (Å²) in [6.45, 7) is 1.79. The van der Waals surface area contributed by atoms with E-state index in [-0.39, 0.29) is 11.6 Å². The first-order valence-electron chi connectivity index (χ1n) is 5.12. The molecule has 2 aromatic rings. The first kappa shape index (κ1) is 11.3. The summed E-state index contributed by atoms with van der Waals surface area (Å²) in [6, 6.07) is 4.65. The van der Waals surface area contributed by atoms with E-state index >= 15 is 0 Å². The molecule has 2 rings (SSSR count). The molecule has 1 aromatic heterocycles. The molecule has 1 heterocycles. The van der Waals surface area contributed by atoms with Crippen molar-refractivity contribution >= 4 is 11.6 Å². The van der Waals surface area contributed by atoms with E-state index in [1.165, 1.54) is 16.9 Å². The van der Waals surface area contributed by atoms with Crippen LogP contribution in [-0.2, 0) is 7.05 Å². The van der Waals surface area contributed by atoms with Crippen molar-refractivity contribution in [2.45, 2.75) is 6.92 Å². The third-order valence-corrected chi connectivity index (χ3v) is 2.34. The number of hydrogen-bond donors (Lipinski definition) is 1. The van der Waals surface area contributed by atoms with Crippen molar-refractivity contribution in [2.24, 2.45) is 7.05 Å². The van der Waals surface area contributed by atoms with Crippen LogP contribution >= 0.6 is 0 Å². The van der Waals surface area contributed by atoms with Gasteiger partial charge in [0.05, 0.1) is 17.4 Å². The smallest absolute Gasteiger partial charge is 0.258 e. The van der Waals surface area contributed by atoms with E-state index in [2.05, 4.69) is 10.4 Å². The Morgan fingerprint density at radius 1 is 1.47 bits per heavy atom. The standard InChI is InChI=1S/C12H12FN3O/c1-8-3-4-11(10(13)5-8)15-12(17)9-6-14-16(2)7-9/h3-7H,1-2H3,(H,15,17). The predicted octanol–water partition coefficient (Wildman–Crippen LogP) is 2.12. The lowest BCUT2D eigenvalue weighted by Crippen LogP contribution is -2.12. The Bertz CT molecular complexity index is 563. The lowest BCUT2D eigenvalue weighted by molar-refractivity contribution is 0.102. The number of carbonyl (C=O) groups excluding carboxylic acids is 1. The van der Waals surface area contributed by atoms with Gasteiger partial charge in [-0.3, -0.25) is 9.48 Å². The van der Waals surface area contributed by atoms with E-state index in [1.807, 2.05) is 0 Å². The Balaban J connectivity index is 2.18. The number of aromatic nitrogens is 2. The van der Waals surface area contributed by atoms with Crippen LogP contribution in [0, 0.1) is 12.7 Å². The monoisotopic (exact) mass is 233 g/mol. The minimum atomic E-state index is -0.442. The second-order valence-electron chi connectivity index (χ2n) is 3.84. The SMILES string of the molecule is Cc1ccc(NC(=O)c2cnn(C)c2)c(F)c1. The molecule has 1 N–H and O–H groups in total. The number of carbonyl (C=O) groups is 1. The van der Waals surface area contributed by atoms with Crippen LogP contribution in [0.1, 0.15) is 15.9 Å². The fraction of sp³-hybridized carbons (Fsp3) is 0.167. The first-order valence-corrected chi connectivity index (χ1v) is 5.12. The molecule has 0 spiro atoms. The Morgan fingerprint density at radius 2 is 2.24 bits per heavy atom. The van der Waals surface area contributed by atoms with E-state index < -0.39 is 5.82 Å². The van der Waals surface area contributed by atoms with Gasteiger partial charge < -0.3 is 5.32 Å². The summed E-state index contributed by atoms with van der Waals surface area (Å²) < 4.78 is 15.0. The molecular weight excluding hydrogens is 221 g/mol. The van der Waals surface area contributed by atoms with Crippen molar-refractivity contribution in [3.63, 3.8) is 0 Å². The van der Waals surface area contributed by atoms with Crippen molar-refractivity contribution in [1.82, 2.24) is 9.78 Å². The normalized spacial score (nSPS) is 10.3. The van der Waals surface area contributed by atoms with Gasteiger partial charge in [-0.05, 0) is 24.6 Å². The van der Waals surface area contributed by atoms with E-state index in [1.54, 1.807) is 32.3 Å². The van der Waals surface area contributed by atoms with Crippen LogP contribution in [0.25, 0.3) is 0 Å². The number of amides is 1. The maximum atomic E-state index is 13.5. The van der Waals surface area contributed by atoms with Crippen molar-refractivity contribution in [3.05, 3.63) is 47.5 Å². The number of nitrogens with one attached hydrogen (secondary N) is 1. The van der Waals surface area contributed by atoms with Gasteiger partial charge in [-0.25, -0.2) is 4.39 Å². The van der Waals surface area contributed by atoms with Gasteiger partial charge in [0.25, 0.3) is 5.91 Å². The number of hydrogen-bond acceptors (Lipinski definition) is 2. The van der Waals surface area contributed by atoms with Crippen LogP contribution in [0.2, 0.25) is 0 Å². The highest BCUT2D eigenvalue weighted by Gasteiger charge is 2.10. The van der Waals surface area contributed by atoms with Crippen LogP contribution in [0.3, 0.4) is 0 Å². The molecule has 1 aromatic carbocycles. The number of nitrogens with zero attached hydrogens (tertiary/aromatic N) is 2. The molecule has 17 heavy (non-hydrogen) atoms. The highest BCUT2D eigenvalue weighted by atomic mass is 19.1. The number of anilines is 1. The van der Waals surface area contributed by atoms with Crippen molar-refractivity contribution in [1.29, 1.82) is 0 Å². The number of aryl methyl sites for hydroxylation is 2. The Kier molecular flexibility index (Phi) is 2.91. The fourth-order valence-corrected chi connectivity index (χ4v) is 1.45. The van der Waals surface area contributed by atoms with Gasteiger partial charge in [0.2, 0.25) is 0 Å². The zero-order chi connectivity index (χ0) is 12.4. The maximum Gasteiger partial charge on any atom is 0.258 e. The van der Waals surface area contributed by atoms with Gasteiger partial charge in [-0.2, -0.15) is 5.10 Å². The Morgan fingerprint density at radius 3 is 2.82 bits per heavy atom. The summed E-state index contributed by atoms with van der Waals surface area (Å²) in [5, 5.41) is 6.38. The van der Waals surface area contributed by atoms with Gasteiger partial charge in [0.15, 0.2) is 0 Å². The zero-order valence-electron chi connectivity index (χ0n) is 9.57. The summed E-state index contributed by atoms with van der Waals surface area (Å²) in [6.07, 6.45) is 3.00. The zero-order valence-corrected chi connectivity index (χ0v) is 9.57. The van der Waals surface area contributed by atoms with Crippen LogP contribution in [0.15, 0.2) is 30.6 Å². The van der Waals surface area contributed by atoms with Crippen molar-refractivity contribution in [2.75, 3.05) is 5.32 Å². The quantitative estimate of drug-likeness (QED) is 0.863. The van der Waals surface area contributed by atoms with Gasteiger partial charge in [0.1, 0.15) is 5.82 Å². The molecule has 1 amide bonds. The molecule has 0 aliphatic carbocycles. The predicted molar refractivity (Wildman–Crippen MR) is 62.3 cm³/mol. The summed E-state index contributed by atoms with van der Waals surface area (Å²) in [5.41, 5.74) is 1.37. The van der Waals surface area contributed by atoms with Gasteiger partial charge in [0, 0.05) is 13.2 Å². The number of benzene rings is 1. The fourth-order valence-electron chi connectivity index (χ4n) is 1.45. The molecule has 4 nitrogen and oxygen atoms in total. The van der Waals surface area contributed by atoms with Crippen molar-refractivity contribution < 1.29 is 9.18 Å². The minimum absolute atomic E-state index is 0.171. The molecular formula is C12H12FN3O. The van der Waals surface area contributed by atoms with E-state index in [9.17, 15) is 9.18 Å². The van der Waals surface area contributed by atoms with E-state index in [4.69, 9.17) is 0 Å². The Hall–Kier alpha value is -2.17. The summed E-state index contributed by atoms with van der Waals surface area (Å²) in [4.78, 5) is 11.7. The van der Waals surface area contributed by atoms with E-state index in [0.29, 0.717) is 5.56 Å².